The SMILES string of the molecule is Cc1cc(=O)n(-c2ccc3snc(/C=N\O)c3c2)c(=O)n1C. The van der Waals surface area contributed by atoms with E-state index in [1.165, 1.54) is 28.4 Å². The summed E-state index contributed by atoms with van der Waals surface area (Å²) in [6.45, 7) is 1.70. The van der Waals surface area contributed by atoms with Crippen molar-refractivity contribution in [2.45, 2.75) is 6.92 Å². The van der Waals surface area contributed by atoms with Gasteiger partial charge in [0.15, 0.2) is 0 Å². The molecule has 8 heteroatoms. The van der Waals surface area contributed by atoms with Gasteiger partial charge in [0.2, 0.25) is 0 Å². The molecule has 112 valence electrons. The summed E-state index contributed by atoms with van der Waals surface area (Å²) < 4.78 is 7.54. The zero-order valence-corrected chi connectivity index (χ0v) is 12.7. The topological polar surface area (TPSA) is 89.5 Å². The summed E-state index contributed by atoms with van der Waals surface area (Å²) in [5, 5.41) is 12.4. The van der Waals surface area contributed by atoms with Crippen molar-refractivity contribution in [3.8, 4) is 5.69 Å². The molecule has 1 N–H and O–H groups in total. The second-order valence-corrected chi connectivity index (χ2v) is 5.60. The quantitative estimate of drug-likeness (QED) is 0.438. The normalized spacial score (nSPS) is 11.5. The van der Waals surface area contributed by atoms with Crippen LogP contribution in [0.2, 0.25) is 0 Å². The van der Waals surface area contributed by atoms with Crippen LogP contribution in [0.5, 0.6) is 0 Å². The van der Waals surface area contributed by atoms with Gasteiger partial charge in [-0.15, -0.1) is 0 Å². The lowest BCUT2D eigenvalue weighted by molar-refractivity contribution is 0.322. The molecule has 0 bridgehead atoms. The van der Waals surface area contributed by atoms with E-state index in [1.807, 2.05) is 0 Å². The van der Waals surface area contributed by atoms with Crippen molar-refractivity contribution in [2.24, 2.45) is 12.2 Å². The fraction of sp³-hybridized carbons (Fsp3) is 0.143. The van der Waals surface area contributed by atoms with Gasteiger partial charge >= 0.3 is 5.69 Å². The molecule has 7 nitrogen and oxygen atoms in total. The van der Waals surface area contributed by atoms with E-state index >= 15 is 0 Å². The van der Waals surface area contributed by atoms with Gasteiger partial charge < -0.3 is 9.77 Å². The van der Waals surface area contributed by atoms with Gasteiger partial charge in [0, 0.05) is 24.2 Å². The molecule has 0 saturated heterocycles. The summed E-state index contributed by atoms with van der Waals surface area (Å²) in [5.74, 6) is 0. The highest BCUT2D eigenvalue weighted by Gasteiger charge is 2.11. The molecule has 0 fully saturated rings. The zero-order chi connectivity index (χ0) is 15.9. The molecule has 0 radical (unpaired) electrons. The van der Waals surface area contributed by atoms with Crippen LogP contribution in [0.15, 0.2) is 39.0 Å². The molecular weight excluding hydrogens is 304 g/mol. The zero-order valence-electron chi connectivity index (χ0n) is 11.8. The summed E-state index contributed by atoms with van der Waals surface area (Å²) >= 11 is 1.25. The van der Waals surface area contributed by atoms with Crippen LogP contribution >= 0.6 is 11.5 Å². The average Bonchev–Trinajstić information content (AvgIpc) is 2.88. The molecule has 1 aromatic carbocycles. The summed E-state index contributed by atoms with van der Waals surface area (Å²) in [6.07, 6.45) is 1.22. The van der Waals surface area contributed by atoms with Gasteiger partial charge in [0.1, 0.15) is 5.69 Å². The number of hydrogen-bond donors (Lipinski definition) is 1. The van der Waals surface area contributed by atoms with Crippen molar-refractivity contribution in [3.05, 3.63) is 56.5 Å². The molecule has 0 unspecified atom stereocenters. The Morgan fingerprint density at radius 2 is 2.09 bits per heavy atom. The number of oxime groups is 1. The first-order valence-corrected chi connectivity index (χ1v) is 7.17. The molecule has 2 heterocycles. The highest BCUT2D eigenvalue weighted by Crippen LogP contribution is 2.23. The van der Waals surface area contributed by atoms with Crippen LogP contribution in [0.25, 0.3) is 15.8 Å². The number of benzene rings is 1. The lowest BCUT2D eigenvalue weighted by atomic mass is 10.2. The van der Waals surface area contributed by atoms with Crippen LogP contribution < -0.4 is 11.2 Å². The molecule has 0 aliphatic rings. The van der Waals surface area contributed by atoms with E-state index in [2.05, 4.69) is 9.53 Å². The number of nitrogens with zero attached hydrogens (tertiary/aromatic N) is 4. The Morgan fingerprint density at radius 3 is 2.82 bits per heavy atom. The highest BCUT2D eigenvalue weighted by atomic mass is 32.1. The third-order valence-corrected chi connectivity index (χ3v) is 4.32. The minimum absolute atomic E-state index is 0.388. The van der Waals surface area contributed by atoms with Crippen LogP contribution in [0.1, 0.15) is 11.4 Å². The maximum absolute atomic E-state index is 12.3. The van der Waals surface area contributed by atoms with Crippen molar-refractivity contribution in [1.29, 1.82) is 0 Å². The van der Waals surface area contributed by atoms with Gasteiger partial charge in [0.25, 0.3) is 5.56 Å². The molecule has 3 rings (SSSR count). The first kappa shape index (κ1) is 14.2. The van der Waals surface area contributed by atoms with Crippen molar-refractivity contribution in [2.75, 3.05) is 0 Å². The average molecular weight is 316 g/mol. The standard InChI is InChI=1S/C14H12N4O3S/c1-8-5-13(19)18(14(20)17(8)2)9-3-4-12-10(6-9)11(7-15-21)16-22-12/h3-7,21H,1-2H3/b15-7-. The third-order valence-electron chi connectivity index (χ3n) is 3.48. The predicted octanol–water partition coefficient (Wildman–Crippen LogP) is 1.26. The summed E-state index contributed by atoms with van der Waals surface area (Å²) in [5.41, 5.74) is 0.732. The number of aryl methyl sites for hydroxylation is 1. The monoisotopic (exact) mass is 316 g/mol. The number of fused-ring (bicyclic) bond motifs is 1. The van der Waals surface area contributed by atoms with Crippen LogP contribution in [-0.4, -0.2) is 24.9 Å². The molecule has 2 aromatic heterocycles. The second kappa shape index (κ2) is 5.23. The van der Waals surface area contributed by atoms with Crippen molar-refractivity contribution >= 4 is 27.8 Å². The molecule has 22 heavy (non-hydrogen) atoms. The molecule has 3 aromatic rings. The van der Waals surface area contributed by atoms with E-state index in [-0.39, 0.29) is 5.56 Å². The molecule has 0 amide bonds. The minimum Gasteiger partial charge on any atom is -0.411 e. The van der Waals surface area contributed by atoms with E-state index < -0.39 is 5.69 Å². The van der Waals surface area contributed by atoms with Crippen LogP contribution in [0.3, 0.4) is 0 Å². The molecule has 0 aliphatic heterocycles. The first-order chi connectivity index (χ1) is 10.5. The largest absolute Gasteiger partial charge is 0.411 e. The van der Waals surface area contributed by atoms with Gasteiger partial charge in [-0.2, -0.15) is 4.37 Å². The van der Waals surface area contributed by atoms with Crippen LogP contribution in [0, 0.1) is 6.92 Å². The number of hydrogen-bond acceptors (Lipinski definition) is 6. The molecule has 0 aliphatic carbocycles. The molecule has 0 saturated carbocycles. The molecule has 0 spiro atoms. The van der Waals surface area contributed by atoms with Crippen molar-refractivity contribution in [1.82, 2.24) is 13.5 Å². The van der Waals surface area contributed by atoms with E-state index in [9.17, 15) is 9.59 Å². The lowest BCUT2D eigenvalue weighted by Gasteiger charge is -2.09. The molecular formula is C14H12N4O3S. The fourth-order valence-corrected chi connectivity index (χ4v) is 2.94. The second-order valence-electron chi connectivity index (χ2n) is 4.79. The lowest BCUT2D eigenvalue weighted by Crippen LogP contribution is -2.38. The highest BCUT2D eigenvalue weighted by molar-refractivity contribution is 7.13. The van der Waals surface area contributed by atoms with E-state index in [1.54, 1.807) is 32.2 Å². The maximum Gasteiger partial charge on any atom is 0.335 e. The smallest absolute Gasteiger partial charge is 0.335 e. The predicted molar refractivity (Wildman–Crippen MR) is 84.6 cm³/mol. The Bertz CT molecular complexity index is 1010. The van der Waals surface area contributed by atoms with Gasteiger partial charge in [-0.3, -0.25) is 4.79 Å². The Morgan fingerprint density at radius 1 is 1.32 bits per heavy atom. The van der Waals surface area contributed by atoms with E-state index in [0.717, 1.165) is 14.7 Å². The van der Waals surface area contributed by atoms with Gasteiger partial charge in [-0.1, -0.05) is 5.16 Å². The molecule has 0 atom stereocenters. The number of rotatable bonds is 2. The summed E-state index contributed by atoms with van der Waals surface area (Å²) in [6, 6.07) is 6.57. The minimum atomic E-state index is -0.412. The van der Waals surface area contributed by atoms with Crippen molar-refractivity contribution in [3.63, 3.8) is 0 Å². The summed E-state index contributed by atoms with van der Waals surface area (Å²) in [7, 11) is 1.61. The maximum atomic E-state index is 12.3. The van der Waals surface area contributed by atoms with E-state index in [4.69, 9.17) is 5.21 Å². The Balaban J connectivity index is 2.32. The first-order valence-electron chi connectivity index (χ1n) is 6.40. The van der Waals surface area contributed by atoms with Gasteiger partial charge in [-0.25, -0.2) is 9.36 Å². The van der Waals surface area contributed by atoms with E-state index in [0.29, 0.717) is 17.1 Å². The Labute approximate surface area is 128 Å². The summed E-state index contributed by atoms with van der Waals surface area (Å²) in [4.78, 5) is 24.5. The van der Waals surface area contributed by atoms with Gasteiger partial charge in [0.05, 0.1) is 16.6 Å². The number of aromatic nitrogens is 3. The van der Waals surface area contributed by atoms with Crippen molar-refractivity contribution < 1.29 is 5.21 Å². The van der Waals surface area contributed by atoms with Crippen LogP contribution in [-0.2, 0) is 7.05 Å². The third kappa shape index (κ3) is 2.13. The van der Waals surface area contributed by atoms with Gasteiger partial charge in [-0.05, 0) is 36.7 Å². The fourth-order valence-electron chi connectivity index (χ4n) is 2.21. The Kier molecular flexibility index (Phi) is 3.38. The van der Waals surface area contributed by atoms with Crippen LogP contribution in [0.4, 0.5) is 0 Å². The Hall–Kier alpha value is -2.74.